The van der Waals surface area contributed by atoms with Crippen LogP contribution in [0.1, 0.15) is 20.3 Å². The van der Waals surface area contributed by atoms with Crippen LogP contribution in [0, 0.1) is 0 Å². The maximum atomic E-state index is 11.3. The monoisotopic (exact) mass is 477 g/mol. The van der Waals surface area contributed by atoms with E-state index in [-0.39, 0.29) is 29.7 Å². The zero-order valence-electron chi connectivity index (χ0n) is 14.7. The average Bonchev–Trinajstić information content (AvgIpc) is 2.55. The molecule has 1 aliphatic rings. The van der Waals surface area contributed by atoms with Gasteiger partial charge in [0.05, 0.1) is 19.0 Å². The number of rotatable bonds is 10. The molecule has 1 saturated heterocycles. The van der Waals surface area contributed by atoms with E-state index in [1.165, 1.54) is 0 Å². The van der Waals surface area contributed by atoms with Crippen molar-refractivity contribution in [3.8, 4) is 0 Å². The molecule has 1 fully saturated rings. The molecule has 0 unspecified atom stereocenters. The maximum Gasteiger partial charge on any atom is 0.211 e. The highest BCUT2D eigenvalue weighted by atomic mass is 127. The summed E-state index contributed by atoms with van der Waals surface area (Å²) in [4.78, 5) is 6.82. The first-order valence-electron chi connectivity index (χ1n) is 8.37. The summed E-state index contributed by atoms with van der Waals surface area (Å²) in [5.74, 6) is 0.890. The van der Waals surface area contributed by atoms with Crippen LogP contribution >= 0.6 is 24.0 Å². The van der Waals surface area contributed by atoms with Gasteiger partial charge in [0, 0.05) is 45.8 Å². The lowest BCUT2D eigenvalue weighted by Gasteiger charge is -2.26. The van der Waals surface area contributed by atoms with E-state index < -0.39 is 10.0 Å². The molecule has 8 nitrogen and oxygen atoms in total. The fourth-order valence-corrected chi connectivity index (χ4v) is 2.76. The van der Waals surface area contributed by atoms with Gasteiger partial charge < -0.3 is 15.4 Å². The Morgan fingerprint density at radius 2 is 1.88 bits per heavy atom. The number of ether oxygens (including phenoxy) is 1. The van der Waals surface area contributed by atoms with Gasteiger partial charge in [0.25, 0.3) is 0 Å². The molecule has 0 aromatic heterocycles. The Bertz CT molecular complexity index is 442. The van der Waals surface area contributed by atoms with Crippen molar-refractivity contribution in [1.82, 2.24) is 20.3 Å². The van der Waals surface area contributed by atoms with Crippen molar-refractivity contribution in [2.45, 2.75) is 20.3 Å². The van der Waals surface area contributed by atoms with Crippen LogP contribution in [0.3, 0.4) is 0 Å². The fourth-order valence-electron chi connectivity index (χ4n) is 2.10. The van der Waals surface area contributed by atoms with Crippen molar-refractivity contribution >= 4 is 40.0 Å². The molecule has 10 heteroatoms. The summed E-state index contributed by atoms with van der Waals surface area (Å²) in [6, 6.07) is 0. The Balaban J connectivity index is 0.00000529. The fraction of sp³-hybridized carbons (Fsp3) is 0.929. The summed E-state index contributed by atoms with van der Waals surface area (Å²) in [6.45, 7) is 10.8. The van der Waals surface area contributed by atoms with Crippen molar-refractivity contribution in [1.29, 1.82) is 0 Å². The summed E-state index contributed by atoms with van der Waals surface area (Å²) in [5.41, 5.74) is 0. The Morgan fingerprint density at radius 1 is 1.17 bits per heavy atom. The highest BCUT2D eigenvalue weighted by molar-refractivity contribution is 14.0. The van der Waals surface area contributed by atoms with E-state index >= 15 is 0 Å². The molecule has 0 aliphatic carbocycles. The second-order valence-corrected chi connectivity index (χ2v) is 7.39. The molecule has 0 bridgehead atoms. The van der Waals surface area contributed by atoms with Crippen molar-refractivity contribution in [3.05, 3.63) is 0 Å². The SMILES string of the molecule is CCNC(=NCCCNS(=O)(=O)CC)NCCN1CCOCC1.I. The van der Waals surface area contributed by atoms with E-state index in [1.54, 1.807) is 6.92 Å². The van der Waals surface area contributed by atoms with Crippen LogP contribution in [0.25, 0.3) is 0 Å². The van der Waals surface area contributed by atoms with E-state index in [2.05, 4.69) is 25.2 Å². The molecular weight excluding hydrogens is 445 g/mol. The molecule has 0 spiro atoms. The van der Waals surface area contributed by atoms with Crippen LogP contribution in [0.2, 0.25) is 0 Å². The van der Waals surface area contributed by atoms with Crippen LogP contribution in [0.5, 0.6) is 0 Å². The second kappa shape index (κ2) is 14.0. The van der Waals surface area contributed by atoms with Crippen LogP contribution in [-0.4, -0.2) is 84.1 Å². The van der Waals surface area contributed by atoms with E-state index in [9.17, 15) is 8.42 Å². The predicted molar refractivity (Wildman–Crippen MR) is 109 cm³/mol. The zero-order chi connectivity index (χ0) is 17.0. The van der Waals surface area contributed by atoms with Gasteiger partial charge >= 0.3 is 0 Å². The zero-order valence-corrected chi connectivity index (χ0v) is 17.9. The second-order valence-electron chi connectivity index (χ2n) is 5.29. The highest BCUT2D eigenvalue weighted by Gasteiger charge is 2.09. The first kappa shape index (κ1) is 23.8. The number of guanidine groups is 1. The lowest BCUT2D eigenvalue weighted by Crippen LogP contribution is -2.44. The van der Waals surface area contributed by atoms with Gasteiger partial charge in [-0.25, -0.2) is 13.1 Å². The summed E-state index contributed by atoms with van der Waals surface area (Å²) in [6.07, 6.45) is 0.680. The molecule has 24 heavy (non-hydrogen) atoms. The minimum absolute atomic E-state index is 0. The van der Waals surface area contributed by atoms with Crippen LogP contribution in [0.15, 0.2) is 4.99 Å². The quantitative estimate of drug-likeness (QED) is 0.175. The van der Waals surface area contributed by atoms with Crippen molar-refractivity contribution in [2.75, 3.05) is 64.8 Å². The molecule has 1 aliphatic heterocycles. The lowest BCUT2D eigenvalue weighted by atomic mass is 10.4. The molecule has 1 rings (SSSR count). The number of aliphatic imine (C=N–C) groups is 1. The number of morpholine rings is 1. The normalized spacial score (nSPS) is 16.5. The van der Waals surface area contributed by atoms with E-state index in [1.807, 2.05) is 6.92 Å². The number of nitrogens with zero attached hydrogens (tertiary/aromatic N) is 2. The first-order valence-corrected chi connectivity index (χ1v) is 10.0. The van der Waals surface area contributed by atoms with Crippen molar-refractivity contribution in [2.24, 2.45) is 4.99 Å². The largest absolute Gasteiger partial charge is 0.379 e. The van der Waals surface area contributed by atoms with Crippen LogP contribution in [0.4, 0.5) is 0 Å². The minimum atomic E-state index is -3.10. The van der Waals surface area contributed by atoms with E-state index in [0.29, 0.717) is 19.5 Å². The lowest BCUT2D eigenvalue weighted by molar-refractivity contribution is 0.0389. The molecule has 3 N–H and O–H groups in total. The molecule has 0 atom stereocenters. The summed E-state index contributed by atoms with van der Waals surface area (Å²) in [7, 11) is -3.10. The smallest absolute Gasteiger partial charge is 0.211 e. The Hall–Kier alpha value is -0.170. The van der Waals surface area contributed by atoms with Crippen LogP contribution in [-0.2, 0) is 14.8 Å². The Kier molecular flexibility index (Phi) is 13.9. The summed E-state index contributed by atoms with van der Waals surface area (Å²) < 4.78 is 30.5. The van der Waals surface area contributed by atoms with Crippen molar-refractivity contribution < 1.29 is 13.2 Å². The van der Waals surface area contributed by atoms with Crippen molar-refractivity contribution in [3.63, 3.8) is 0 Å². The molecule has 0 aromatic carbocycles. The molecular formula is C14H32IN5O3S. The van der Waals surface area contributed by atoms with Crippen LogP contribution < -0.4 is 15.4 Å². The third kappa shape index (κ3) is 11.4. The Morgan fingerprint density at radius 3 is 2.50 bits per heavy atom. The molecule has 0 saturated carbocycles. The molecule has 144 valence electrons. The first-order chi connectivity index (χ1) is 11.1. The topological polar surface area (TPSA) is 95.1 Å². The minimum Gasteiger partial charge on any atom is -0.379 e. The summed E-state index contributed by atoms with van der Waals surface area (Å²) >= 11 is 0. The van der Waals surface area contributed by atoms with Gasteiger partial charge in [-0.05, 0) is 20.3 Å². The number of hydrogen-bond donors (Lipinski definition) is 3. The van der Waals surface area contributed by atoms with E-state index in [4.69, 9.17) is 4.74 Å². The third-order valence-corrected chi connectivity index (χ3v) is 4.88. The predicted octanol–water partition coefficient (Wildman–Crippen LogP) is -0.179. The third-order valence-electron chi connectivity index (χ3n) is 3.48. The van der Waals surface area contributed by atoms with Gasteiger partial charge in [0.1, 0.15) is 0 Å². The standard InChI is InChI=1S/C14H31N5O3S.HI/c1-3-15-14(16-6-5-7-18-23(20,21)4-2)17-8-9-19-10-12-22-13-11-19;/h18H,3-13H2,1-2H3,(H2,15,16,17);1H. The maximum absolute atomic E-state index is 11.3. The van der Waals surface area contributed by atoms with Gasteiger partial charge in [-0.15, -0.1) is 24.0 Å². The molecule has 0 aromatic rings. The molecule has 0 radical (unpaired) electrons. The molecule has 0 amide bonds. The van der Waals surface area contributed by atoms with Gasteiger partial charge in [0.2, 0.25) is 10.0 Å². The number of hydrogen-bond acceptors (Lipinski definition) is 5. The highest BCUT2D eigenvalue weighted by Crippen LogP contribution is 1.94. The Labute approximate surface area is 163 Å². The van der Waals surface area contributed by atoms with Gasteiger partial charge in [-0.1, -0.05) is 0 Å². The average molecular weight is 477 g/mol. The molecule has 1 heterocycles. The number of halogens is 1. The number of sulfonamides is 1. The van der Waals surface area contributed by atoms with Gasteiger partial charge in [-0.2, -0.15) is 0 Å². The van der Waals surface area contributed by atoms with Gasteiger partial charge in [-0.3, -0.25) is 9.89 Å². The summed E-state index contributed by atoms with van der Waals surface area (Å²) in [5, 5.41) is 6.50. The number of nitrogens with one attached hydrogen (secondary N) is 3. The van der Waals surface area contributed by atoms with E-state index in [0.717, 1.165) is 51.9 Å². The van der Waals surface area contributed by atoms with Gasteiger partial charge in [0.15, 0.2) is 5.96 Å².